The quantitative estimate of drug-likeness (QED) is 0.510. The van der Waals surface area contributed by atoms with Crippen molar-refractivity contribution in [2.45, 2.75) is 23.1 Å². The average molecular weight is 275 g/mol. The van der Waals surface area contributed by atoms with Crippen molar-refractivity contribution in [2.75, 3.05) is 0 Å². The maximum absolute atomic E-state index is 10.5. The normalized spacial score (nSPS) is 18.3. The molecule has 0 saturated carbocycles. The molecule has 5 nitrogen and oxygen atoms in total. The van der Waals surface area contributed by atoms with Crippen LogP contribution in [0, 0.1) is 0 Å². The number of aliphatic hydroxyl groups is 1. The third-order valence-corrected chi connectivity index (χ3v) is 4.82. The zero-order chi connectivity index (χ0) is 9.78. The topological polar surface area (TPSA) is 97.7 Å². The van der Waals surface area contributed by atoms with Gasteiger partial charge in [0, 0.05) is 0 Å². The standard InChI is InChI=1S/C4H9AsO5P2/c5-3-1-2-4(6,11(7)8)12(9)10/h6H,1-3,5H2/p+1. The summed E-state index contributed by atoms with van der Waals surface area (Å²) in [7, 11) is -6.35. The Kier molecular flexibility index (Phi) is 5.67. The second-order valence-electron chi connectivity index (χ2n) is 2.20. The summed E-state index contributed by atoms with van der Waals surface area (Å²) < 4.78 is 20.9. The van der Waals surface area contributed by atoms with E-state index in [1.54, 1.807) is 0 Å². The van der Waals surface area contributed by atoms with Crippen molar-refractivity contribution in [3.8, 4) is 0 Å². The van der Waals surface area contributed by atoms with Crippen LogP contribution in [0.5, 0.6) is 0 Å². The van der Waals surface area contributed by atoms with Crippen molar-refractivity contribution < 1.29 is 24.0 Å². The van der Waals surface area contributed by atoms with E-state index in [0.717, 1.165) is 5.21 Å². The Morgan fingerprint density at radius 2 is 2.00 bits per heavy atom. The fourth-order valence-electron chi connectivity index (χ4n) is 0.596. The second-order valence-corrected chi connectivity index (χ2v) is 6.30. The van der Waals surface area contributed by atoms with Crippen LogP contribution < -0.4 is 4.89 Å². The Labute approximate surface area is 80.4 Å². The van der Waals surface area contributed by atoms with Crippen LogP contribution in [-0.2, 0) is 9.13 Å². The van der Waals surface area contributed by atoms with Crippen LogP contribution in [-0.4, -0.2) is 31.9 Å². The van der Waals surface area contributed by atoms with Crippen LogP contribution >= 0.6 is 16.1 Å². The van der Waals surface area contributed by atoms with E-state index in [-0.39, 0.29) is 6.42 Å². The molecule has 0 amide bonds. The van der Waals surface area contributed by atoms with Gasteiger partial charge in [-0.3, -0.25) is 0 Å². The molecule has 0 aromatic heterocycles. The summed E-state index contributed by atoms with van der Waals surface area (Å²) in [4.78, 5) is 19.0. The molecule has 8 heteroatoms. The molecular weight excluding hydrogens is 265 g/mol. The van der Waals surface area contributed by atoms with E-state index in [9.17, 15) is 19.1 Å². The predicted octanol–water partition coefficient (Wildman–Crippen LogP) is -0.699. The van der Waals surface area contributed by atoms with Gasteiger partial charge in [-0.2, -0.15) is 0 Å². The first-order valence-electron chi connectivity index (χ1n) is 3.18. The molecule has 0 radical (unpaired) electrons. The van der Waals surface area contributed by atoms with E-state index in [1.807, 2.05) is 0 Å². The first-order chi connectivity index (χ1) is 5.45. The minimum absolute atomic E-state index is 0.171. The van der Waals surface area contributed by atoms with E-state index in [2.05, 4.69) is 0 Å². The Morgan fingerprint density at radius 3 is 2.25 bits per heavy atom. The van der Waals surface area contributed by atoms with Crippen LogP contribution in [0.15, 0.2) is 0 Å². The van der Waals surface area contributed by atoms with Gasteiger partial charge in [-0.05, 0) is 0 Å². The summed E-state index contributed by atoms with van der Waals surface area (Å²) in [6.07, 6.45) is 0.261. The Balaban J connectivity index is 4.40. The van der Waals surface area contributed by atoms with Crippen molar-refractivity contribution in [3.63, 3.8) is 0 Å². The molecule has 12 heavy (non-hydrogen) atoms. The van der Waals surface area contributed by atoms with Gasteiger partial charge in [0.25, 0.3) is 0 Å². The molecule has 2 N–H and O–H groups in total. The van der Waals surface area contributed by atoms with Crippen molar-refractivity contribution >= 4 is 32.9 Å². The zero-order valence-corrected chi connectivity index (χ0v) is 10.4. The molecule has 0 fully saturated rings. The van der Waals surface area contributed by atoms with Gasteiger partial charge >= 0.3 is 80.1 Å². The molecule has 4 unspecified atom stereocenters. The summed E-state index contributed by atoms with van der Waals surface area (Å²) in [6.45, 7) is 0. The molecule has 0 rings (SSSR count). The molecule has 0 aliphatic rings. The minimum atomic E-state index is -3.27. The van der Waals surface area contributed by atoms with Crippen LogP contribution in [0.25, 0.3) is 0 Å². The van der Waals surface area contributed by atoms with Gasteiger partial charge in [0.15, 0.2) is 0 Å². The van der Waals surface area contributed by atoms with Gasteiger partial charge in [0.05, 0.1) is 0 Å². The van der Waals surface area contributed by atoms with Gasteiger partial charge in [-0.15, -0.1) is 0 Å². The summed E-state index contributed by atoms with van der Waals surface area (Å²) in [5.74, 6) is 0. The molecule has 4 atom stereocenters. The second kappa shape index (κ2) is 5.39. The van der Waals surface area contributed by atoms with Crippen LogP contribution in [0.2, 0.25) is 5.21 Å². The van der Waals surface area contributed by atoms with Gasteiger partial charge < -0.3 is 0 Å². The van der Waals surface area contributed by atoms with Gasteiger partial charge in [-0.1, -0.05) is 0 Å². The first kappa shape index (κ1) is 12.6. The SMILES string of the molecule is O=[P+]([O-])C(O)(CCC[AsH2])[P+](=O)O. The van der Waals surface area contributed by atoms with Crippen LogP contribution in [0.1, 0.15) is 12.8 Å². The molecule has 0 spiro atoms. The van der Waals surface area contributed by atoms with Gasteiger partial charge in [0.1, 0.15) is 0 Å². The monoisotopic (exact) mass is 275 g/mol. The zero-order valence-electron chi connectivity index (χ0n) is 6.21. The predicted molar refractivity (Wildman–Crippen MR) is 45.0 cm³/mol. The third kappa shape index (κ3) is 3.18. The Morgan fingerprint density at radius 1 is 1.50 bits per heavy atom. The number of rotatable bonds is 5. The molecule has 70 valence electrons. The van der Waals surface area contributed by atoms with E-state index < -0.39 is 21.1 Å². The van der Waals surface area contributed by atoms with E-state index in [1.165, 1.54) is 16.9 Å². The average Bonchev–Trinajstić information content (AvgIpc) is 1.99. The molecule has 0 heterocycles. The van der Waals surface area contributed by atoms with E-state index in [0.29, 0.717) is 6.42 Å². The summed E-state index contributed by atoms with van der Waals surface area (Å²) >= 11 is 1.39. The van der Waals surface area contributed by atoms with Gasteiger partial charge in [0.2, 0.25) is 0 Å². The summed E-state index contributed by atoms with van der Waals surface area (Å²) in [6, 6.07) is 0. The van der Waals surface area contributed by atoms with Crippen molar-refractivity contribution in [1.82, 2.24) is 0 Å². The molecule has 0 aromatic rings. The molecule has 0 aromatic carbocycles. The fourth-order valence-corrected chi connectivity index (χ4v) is 2.27. The van der Waals surface area contributed by atoms with Crippen molar-refractivity contribution in [1.29, 1.82) is 0 Å². The van der Waals surface area contributed by atoms with Crippen molar-refractivity contribution in [3.05, 3.63) is 0 Å². The molecule has 0 aliphatic carbocycles. The maximum atomic E-state index is 10.5. The van der Waals surface area contributed by atoms with E-state index >= 15 is 0 Å². The van der Waals surface area contributed by atoms with Crippen LogP contribution in [0.4, 0.5) is 0 Å². The third-order valence-electron chi connectivity index (χ3n) is 1.32. The Bertz CT molecular complexity index is 182. The molecular formula is C4H10AsO5P2+. The molecule has 0 bridgehead atoms. The summed E-state index contributed by atoms with van der Waals surface area (Å²) in [5, 5.41) is 7.48. The van der Waals surface area contributed by atoms with Crippen molar-refractivity contribution in [2.24, 2.45) is 0 Å². The first-order valence-corrected chi connectivity index (χ1v) is 7.28. The summed E-state index contributed by atoms with van der Waals surface area (Å²) in [5.41, 5.74) is 0. The number of hydrogen-bond acceptors (Lipinski definition) is 4. The fraction of sp³-hybridized carbons (Fsp3) is 1.00. The van der Waals surface area contributed by atoms with Gasteiger partial charge in [-0.25, -0.2) is 0 Å². The van der Waals surface area contributed by atoms with E-state index in [4.69, 9.17) is 4.89 Å². The molecule has 0 aliphatic heterocycles. The number of hydrogen-bond donors (Lipinski definition) is 2. The van der Waals surface area contributed by atoms with Crippen LogP contribution in [0.3, 0.4) is 0 Å². The molecule has 0 saturated heterocycles. The Hall–Kier alpha value is 0.638.